The number of rotatable bonds is 2. The largest absolute Gasteiger partial charge is 0.508 e. The molecule has 3 rings (SSSR count). The van der Waals surface area contributed by atoms with Crippen molar-refractivity contribution < 1.29 is 24.5 Å². The maximum atomic E-state index is 10.5. The number of aromatic hydroxyl groups is 2. The summed E-state index contributed by atoms with van der Waals surface area (Å²) in [5.41, 5.74) is 1.38. The number of hydrogen-bond acceptors (Lipinski definition) is 6. The van der Waals surface area contributed by atoms with Crippen molar-refractivity contribution in [2.45, 2.75) is 13.8 Å². The number of hydrogen-bond donors (Lipinski definition) is 5. The number of carbonyl (C=O) groups excluding carboxylic acids is 2. The standard InChI is InChI=1S/2C8H9NO2.C4H9NO/c2*1-6(10)9-7-2-4-8(11)5-3-7;1-3-6-4-2-5-1/h2*2-5,11H,1H3,(H,9,10);5H,1-4H2. The maximum Gasteiger partial charge on any atom is 0.221 e. The van der Waals surface area contributed by atoms with Gasteiger partial charge in [-0.3, -0.25) is 9.59 Å². The first-order valence-electron chi connectivity index (χ1n) is 8.78. The number of phenolic OH excluding ortho intramolecular Hbond substituents is 2. The summed E-state index contributed by atoms with van der Waals surface area (Å²) < 4.78 is 5.01. The van der Waals surface area contributed by atoms with Gasteiger partial charge in [-0.25, -0.2) is 0 Å². The Labute approximate surface area is 164 Å². The maximum absolute atomic E-state index is 10.5. The van der Waals surface area contributed by atoms with Crippen molar-refractivity contribution in [2.75, 3.05) is 36.9 Å². The smallest absolute Gasteiger partial charge is 0.221 e. The molecule has 1 aliphatic heterocycles. The lowest BCUT2D eigenvalue weighted by atomic mass is 10.3. The van der Waals surface area contributed by atoms with Crippen molar-refractivity contribution in [3.63, 3.8) is 0 Å². The zero-order chi connectivity index (χ0) is 20.8. The number of carbonyl (C=O) groups is 2. The fourth-order valence-corrected chi connectivity index (χ4v) is 2.01. The van der Waals surface area contributed by atoms with E-state index in [1.165, 1.54) is 38.1 Å². The first-order chi connectivity index (χ1) is 13.4. The Morgan fingerprint density at radius 2 is 1.14 bits per heavy atom. The second kappa shape index (κ2) is 13.1. The van der Waals surface area contributed by atoms with Crippen molar-refractivity contribution in [2.24, 2.45) is 0 Å². The summed E-state index contributed by atoms with van der Waals surface area (Å²) >= 11 is 0. The first-order valence-corrected chi connectivity index (χ1v) is 8.78. The van der Waals surface area contributed by atoms with E-state index in [9.17, 15) is 9.59 Å². The Balaban J connectivity index is 0.000000219. The predicted octanol–water partition coefficient (Wildman–Crippen LogP) is 2.31. The first kappa shape index (κ1) is 22.9. The molecule has 1 fully saturated rings. The van der Waals surface area contributed by atoms with Gasteiger partial charge in [0, 0.05) is 38.3 Å². The highest BCUT2D eigenvalue weighted by molar-refractivity contribution is 5.89. The predicted molar refractivity (Wildman–Crippen MR) is 109 cm³/mol. The average molecular weight is 389 g/mol. The molecule has 2 amide bonds. The number of ether oxygens (including phenoxy) is 1. The Hall–Kier alpha value is -3.10. The summed E-state index contributed by atoms with van der Waals surface area (Å²) in [6.45, 7) is 6.71. The molecule has 0 saturated carbocycles. The van der Waals surface area contributed by atoms with Gasteiger partial charge >= 0.3 is 0 Å². The van der Waals surface area contributed by atoms with E-state index >= 15 is 0 Å². The zero-order valence-corrected chi connectivity index (χ0v) is 16.1. The molecule has 0 atom stereocenters. The van der Waals surface area contributed by atoms with Crippen LogP contribution in [0.1, 0.15) is 13.8 Å². The van der Waals surface area contributed by atoms with Crippen LogP contribution in [0.25, 0.3) is 0 Å². The van der Waals surface area contributed by atoms with Crippen molar-refractivity contribution >= 4 is 23.2 Å². The summed E-state index contributed by atoms with van der Waals surface area (Å²) in [7, 11) is 0. The van der Waals surface area contributed by atoms with Crippen LogP contribution >= 0.6 is 0 Å². The normalized spacial score (nSPS) is 12.4. The van der Waals surface area contributed by atoms with Crippen LogP contribution in [0.5, 0.6) is 11.5 Å². The van der Waals surface area contributed by atoms with E-state index in [-0.39, 0.29) is 23.3 Å². The van der Waals surface area contributed by atoms with Crippen LogP contribution in [-0.4, -0.2) is 48.3 Å². The van der Waals surface area contributed by atoms with Gasteiger partial charge in [0.2, 0.25) is 11.8 Å². The van der Waals surface area contributed by atoms with Gasteiger partial charge in [-0.05, 0) is 48.5 Å². The van der Waals surface area contributed by atoms with Gasteiger partial charge in [-0.2, -0.15) is 0 Å². The summed E-state index contributed by atoms with van der Waals surface area (Å²) in [6, 6.07) is 12.6. The molecule has 1 saturated heterocycles. The van der Waals surface area contributed by atoms with Gasteiger partial charge in [0.15, 0.2) is 0 Å². The van der Waals surface area contributed by atoms with E-state index in [2.05, 4.69) is 16.0 Å². The lowest BCUT2D eigenvalue weighted by Gasteiger charge is -2.10. The van der Waals surface area contributed by atoms with Crippen LogP contribution < -0.4 is 16.0 Å². The highest BCUT2D eigenvalue weighted by Crippen LogP contribution is 2.13. The molecular formula is C20H27N3O5. The number of amides is 2. The van der Waals surface area contributed by atoms with Crippen LogP contribution in [0.2, 0.25) is 0 Å². The minimum Gasteiger partial charge on any atom is -0.508 e. The monoisotopic (exact) mass is 389 g/mol. The third kappa shape index (κ3) is 11.5. The molecular weight excluding hydrogens is 362 g/mol. The molecule has 2 aromatic rings. The molecule has 0 radical (unpaired) electrons. The van der Waals surface area contributed by atoms with E-state index in [4.69, 9.17) is 14.9 Å². The molecule has 1 heterocycles. The summed E-state index contributed by atoms with van der Waals surface area (Å²) in [4.78, 5) is 21.0. The summed E-state index contributed by atoms with van der Waals surface area (Å²) in [6.07, 6.45) is 0. The molecule has 5 N–H and O–H groups in total. The summed E-state index contributed by atoms with van der Waals surface area (Å²) in [5, 5.41) is 26.1. The van der Waals surface area contributed by atoms with Gasteiger partial charge in [-0.15, -0.1) is 0 Å². The quantitative estimate of drug-likeness (QED) is 0.503. The minimum atomic E-state index is -0.115. The molecule has 0 aliphatic carbocycles. The average Bonchev–Trinajstić information content (AvgIpc) is 2.67. The van der Waals surface area contributed by atoms with E-state index < -0.39 is 0 Å². The Bertz CT molecular complexity index is 645. The lowest BCUT2D eigenvalue weighted by molar-refractivity contribution is -0.115. The Kier molecular flexibility index (Phi) is 10.8. The van der Waals surface area contributed by atoms with Crippen molar-refractivity contribution in [3.8, 4) is 11.5 Å². The van der Waals surface area contributed by atoms with Crippen molar-refractivity contribution in [1.82, 2.24) is 5.32 Å². The molecule has 0 bridgehead atoms. The zero-order valence-electron chi connectivity index (χ0n) is 16.1. The van der Waals surface area contributed by atoms with Crippen molar-refractivity contribution in [1.29, 1.82) is 0 Å². The van der Waals surface area contributed by atoms with E-state index in [1.54, 1.807) is 24.3 Å². The van der Waals surface area contributed by atoms with Crippen LogP contribution in [0.15, 0.2) is 48.5 Å². The number of morpholine rings is 1. The van der Waals surface area contributed by atoms with Gasteiger partial charge in [0.1, 0.15) is 11.5 Å². The van der Waals surface area contributed by atoms with Crippen LogP contribution in [0, 0.1) is 0 Å². The molecule has 8 heteroatoms. The number of phenols is 2. The second-order valence-corrected chi connectivity index (χ2v) is 5.82. The fourth-order valence-electron chi connectivity index (χ4n) is 2.01. The van der Waals surface area contributed by atoms with Crippen LogP contribution in [0.4, 0.5) is 11.4 Å². The minimum absolute atomic E-state index is 0.115. The number of anilines is 2. The Morgan fingerprint density at radius 3 is 1.36 bits per heavy atom. The molecule has 0 unspecified atom stereocenters. The topological polar surface area (TPSA) is 120 Å². The van der Waals surface area contributed by atoms with E-state index in [0.717, 1.165) is 26.3 Å². The van der Waals surface area contributed by atoms with Gasteiger partial charge in [0.25, 0.3) is 0 Å². The van der Waals surface area contributed by atoms with Crippen LogP contribution in [0.3, 0.4) is 0 Å². The van der Waals surface area contributed by atoms with Gasteiger partial charge in [-0.1, -0.05) is 0 Å². The molecule has 8 nitrogen and oxygen atoms in total. The fraction of sp³-hybridized carbons (Fsp3) is 0.300. The highest BCUT2D eigenvalue weighted by Gasteiger charge is 1.94. The van der Waals surface area contributed by atoms with E-state index in [0.29, 0.717) is 11.4 Å². The molecule has 152 valence electrons. The molecule has 0 spiro atoms. The molecule has 0 aromatic heterocycles. The van der Waals surface area contributed by atoms with Crippen molar-refractivity contribution in [3.05, 3.63) is 48.5 Å². The third-order valence-corrected chi connectivity index (χ3v) is 3.22. The van der Waals surface area contributed by atoms with Gasteiger partial charge in [0.05, 0.1) is 13.2 Å². The number of benzene rings is 2. The number of nitrogens with one attached hydrogen (secondary N) is 3. The SMILES string of the molecule is C1COCCN1.CC(=O)Nc1ccc(O)cc1.CC(=O)Nc1ccc(O)cc1. The molecule has 1 aliphatic rings. The second-order valence-electron chi connectivity index (χ2n) is 5.82. The third-order valence-electron chi connectivity index (χ3n) is 3.22. The molecule has 2 aromatic carbocycles. The van der Waals surface area contributed by atoms with Gasteiger partial charge < -0.3 is 30.9 Å². The molecule has 28 heavy (non-hydrogen) atoms. The highest BCUT2D eigenvalue weighted by atomic mass is 16.5. The Morgan fingerprint density at radius 1 is 0.786 bits per heavy atom. The summed E-state index contributed by atoms with van der Waals surface area (Å²) in [5.74, 6) is 0.157. The lowest BCUT2D eigenvalue weighted by Crippen LogP contribution is -2.30. The van der Waals surface area contributed by atoms with E-state index in [1.807, 2.05) is 0 Å². The van der Waals surface area contributed by atoms with Crippen LogP contribution in [-0.2, 0) is 14.3 Å².